The Balaban J connectivity index is 0. The van der Waals surface area contributed by atoms with E-state index < -0.39 is 11.9 Å². The first-order valence-electron chi connectivity index (χ1n) is 8.41. The van der Waals surface area contributed by atoms with E-state index in [4.69, 9.17) is 13.3 Å². The third-order valence-electron chi connectivity index (χ3n) is 3.30. The fraction of sp³-hybridized carbons (Fsp3) is 0.765. The van der Waals surface area contributed by atoms with Crippen LogP contribution >= 0.6 is 0 Å². The standard InChI is InChI=1S/C9H19O.C8H12O4.Sn/c1-3-5-7-9(10)8-6-4-2;1-2-3-4-6(8(11)12)5-7(9)10;/h9H,3-8H2,1-2H3;5H,2-4H2,1H3,(H,9,10)(H,11,12);/q-1;;+1. The molecule has 0 spiro atoms. The summed E-state index contributed by atoms with van der Waals surface area (Å²) in [6.45, 7) is 6.39. The average molecular weight is 434 g/mol. The van der Waals surface area contributed by atoms with Crippen LogP contribution in [0.4, 0.5) is 0 Å². The Morgan fingerprint density at radius 1 is 1.00 bits per heavy atom. The molecule has 2 N–H and O–H groups in total. The van der Waals surface area contributed by atoms with Crippen molar-refractivity contribution in [2.75, 3.05) is 0 Å². The van der Waals surface area contributed by atoms with Crippen molar-refractivity contribution in [3.05, 3.63) is 11.6 Å². The van der Waals surface area contributed by atoms with E-state index in [1.54, 1.807) is 0 Å². The number of carboxylic acids is 2. The van der Waals surface area contributed by atoms with Crippen LogP contribution in [0.2, 0.25) is 0 Å². The van der Waals surface area contributed by atoms with Crippen molar-refractivity contribution in [3.63, 3.8) is 0 Å². The van der Waals surface area contributed by atoms with Crippen LogP contribution in [0.5, 0.6) is 0 Å². The summed E-state index contributed by atoms with van der Waals surface area (Å²) in [4.78, 5) is 20.5. The van der Waals surface area contributed by atoms with Crippen molar-refractivity contribution >= 4 is 34.9 Å². The van der Waals surface area contributed by atoms with Gasteiger partial charge in [0.25, 0.3) is 0 Å². The second kappa shape index (κ2) is 17.8. The van der Waals surface area contributed by atoms with Gasteiger partial charge in [0.15, 0.2) is 0 Å². The predicted molar refractivity (Wildman–Crippen MR) is 92.6 cm³/mol. The molecule has 0 unspecified atom stereocenters. The van der Waals surface area contributed by atoms with Gasteiger partial charge in [0.05, 0.1) is 0 Å². The Hall–Kier alpha value is -0.561. The molecule has 0 saturated carbocycles. The molecule has 6 heteroatoms. The molecule has 133 valence electrons. The number of aliphatic carboxylic acids is 2. The summed E-state index contributed by atoms with van der Waals surface area (Å²) in [6, 6.07) is 0. The van der Waals surface area contributed by atoms with Crippen molar-refractivity contribution < 1.29 is 22.9 Å². The van der Waals surface area contributed by atoms with E-state index in [1.165, 1.54) is 61.5 Å². The number of hydrogen-bond donors (Lipinski definition) is 2. The van der Waals surface area contributed by atoms with Gasteiger partial charge < -0.3 is 10.2 Å². The van der Waals surface area contributed by atoms with Crippen molar-refractivity contribution in [3.8, 4) is 0 Å². The van der Waals surface area contributed by atoms with Crippen LogP contribution in [0, 0.1) is 0 Å². The third kappa shape index (κ3) is 17.6. The van der Waals surface area contributed by atoms with E-state index in [-0.39, 0.29) is 5.57 Å². The zero-order chi connectivity index (χ0) is 18.1. The number of hydrogen-bond acceptors (Lipinski definition) is 3. The van der Waals surface area contributed by atoms with Crippen molar-refractivity contribution in [1.82, 2.24) is 0 Å². The minimum absolute atomic E-state index is 0.0376. The van der Waals surface area contributed by atoms with Crippen molar-refractivity contribution in [1.29, 1.82) is 0 Å². The van der Waals surface area contributed by atoms with Gasteiger partial charge in [-0.15, -0.1) is 0 Å². The molecule has 0 aliphatic carbocycles. The normalized spacial score (nSPS) is 11.1. The predicted octanol–water partition coefficient (Wildman–Crippen LogP) is 4.11. The van der Waals surface area contributed by atoms with E-state index in [9.17, 15) is 9.59 Å². The molecule has 0 bridgehead atoms. The van der Waals surface area contributed by atoms with Crippen LogP contribution in [0.15, 0.2) is 11.6 Å². The molecule has 0 atom stereocenters. The Kier molecular flexibility index (Phi) is 19.1. The summed E-state index contributed by atoms with van der Waals surface area (Å²) >= 11 is 1.23. The van der Waals surface area contributed by atoms with Crippen LogP contribution in [0.1, 0.15) is 78.6 Å². The molecule has 0 aromatic rings. The second-order valence-electron chi connectivity index (χ2n) is 5.44. The quantitative estimate of drug-likeness (QED) is 0.357. The molecule has 3 radical (unpaired) electrons. The molecule has 23 heavy (non-hydrogen) atoms. The van der Waals surface area contributed by atoms with Gasteiger partial charge in [0, 0.05) is 11.6 Å². The first-order valence-corrected chi connectivity index (χ1v) is 9.58. The third-order valence-corrected chi connectivity index (χ3v) is 4.25. The SMILES string of the molecule is CCCCC(=CC(=O)O)C(=O)O.CCCCC(CCCC)[O][Sn]. The van der Waals surface area contributed by atoms with Gasteiger partial charge in [-0.2, -0.15) is 0 Å². The average Bonchev–Trinajstić information content (AvgIpc) is 2.51. The summed E-state index contributed by atoms with van der Waals surface area (Å²) < 4.78 is 5.44. The van der Waals surface area contributed by atoms with E-state index >= 15 is 0 Å². The molecule has 0 fully saturated rings. The number of unbranched alkanes of at least 4 members (excludes halogenated alkanes) is 3. The first kappa shape index (κ1) is 24.7. The minimum atomic E-state index is -1.21. The zero-order valence-electron chi connectivity index (χ0n) is 14.6. The van der Waals surface area contributed by atoms with Crippen LogP contribution < -0.4 is 0 Å². The summed E-state index contributed by atoms with van der Waals surface area (Å²) in [5, 5.41) is 16.8. The molecule has 0 saturated heterocycles. The molecule has 0 aliphatic heterocycles. The fourth-order valence-electron chi connectivity index (χ4n) is 1.88. The second-order valence-corrected chi connectivity index (χ2v) is 6.11. The molecule has 0 heterocycles. The van der Waals surface area contributed by atoms with Gasteiger partial charge in [0.2, 0.25) is 0 Å². The molecule has 0 aliphatic rings. The summed E-state index contributed by atoms with van der Waals surface area (Å²) in [7, 11) is 0. The van der Waals surface area contributed by atoms with E-state index in [1.807, 2.05) is 6.92 Å². The van der Waals surface area contributed by atoms with E-state index in [0.717, 1.165) is 12.5 Å². The van der Waals surface area contributed by atoms with Gasteiger partial charge in [-0.3, -0.25) is 0 Å². The molecule has 5 nitrogen and oxygen atoms in total. The topological polar surface area (TPSA) is 83.8 Å². The molecule has 0 aromatic carbocycles. The van der Waals surface area contributed by atoms with Gasteiger partial charge in [0.1, 0.15) is 0 Å². The van der Waals surface area contributed by atoms with Gasteiger partial charge >= 0.3 is 96.4 Å². The van der Waals surface area contributed by atoms with Crippen LogP contribution in [0.3, 0.4) is 0 Å². The molecule has 0 aromatic heterocycles. The number of rotatable bonds is 12. The van der Waals surface area contributed by atoms with E-state index in [2.05, 4.69) is 13.8 Å². The monoisotopic (exact) mass is 435 g/mol. The van der Waals surface area contributed by atoms with Gasteiger partial charge in [-0.1, -0.05) is 13.3 Å². The van der Waals surface area contributed by atoms with Gasteiger partial charge in [-0.25, -0.2) is 9.59 Å². The van der Waals surface area contributed by atoms with Crippen molar-refractivity contribution in [2.24, 2.45) is 0 Å². The van der Waals surface area contributed by atoms with Gasteiger partial charge in [-0.05, 0) is 12.8 Å². The Labute approximate surface area is 154 Å². The number of carbonyl (C=O) groups is 2. The Morgan fingerprint density at radius 2 is 1.48 bits per heavy atom. The zero-order valence-corrected chi connectivity index (χ0v) is 17.5. The Bertz CT molecular complexity index is 334. The number of carboxylic acid groups (broad SMARTS) is 2. The molecular weight excluding hydrogens is 403 g/mol. The molecular formula is C17H31O5Sn. The summed E-state index contributed by atoms with van der Waals surface area (Å²) in [6.07, 6.45) is 10.9. The summed E-state index contributed by atoms with van der Waals surface area (Å²) in [5.41, 5.74) is -0.0376. The van der Waals surface area contributed by atoms with Crippen LogP contribution in [0.25, 0.3) is 0 Å². The summed E-state index contributed by atoms with van der Waals surface area (Å²) in [5.74, 6) is -2.35. The maximum atomic E-state index is 10.4. The first-order chi connectivity index (χ1) is 10.9. The van der Waals surface area contributed by atoms with Crippen LogP contribution in [-0.2, 0) is 12.7 Å². The maximum absolute atomic E-state index is 10.4. The molecule has 0 amide bonds. The van der Waals surface area contributed by atoms with Crippen LogP contribution in [-0.4, -0.2) is 51.2 Å². The fourth-order valence-corrected chi connectivity index (χ4v) is 2.56. The molecule has 0 rings (SSSR count). The van der Waals surface area contributed by atoms with E-state index in [0.29, 0.717) is 18.9 Å². The Morgan fingerprint density at radius 3 is 1.78 bits per heavy atom. The van der Waals surface area contributed by atoms with Crippen molar-refractivity contribution in [2.45, 2.75) is 84.7 Å².